The number of anilines is 1. The van der Waals surface area contributed by atoms with Crippen molar-refractivity contribution < 1.29 is 14.7 Å². The molecule has 0 atom stereocenters. The molecule has 4 aromatic rings. The molecule has 1 saturated carbocycles. The van der Waals surface area contributed by atoms with Crippen molar-refractivity contribution in [3.05, 3.63) is 99.2 Å². The van der Waals surface area contributed by atoms with Crippen molar-refractivity contribution in [1.29, 1.82) is 0 Å². The van der Waals surface area contributed by atoms with Crippen molar-refractivity contribution >= 4 is 40.8 Å². The zero-order valence-electron chi connectivity index (χ0n) is 20.0. The first-order valence-electron chi connectivity index (χ1n) is 11.8. The van der Waals surface area contributed by atoms with Gasteiger partial charge in [-0.1, -0.05) is 53.5 Å². The molecule has 0 bridgehead atoms. The summed E-state index contributed by atoms with van der Waals surface area (Å²) in [5.74, 6) is -0.272. The number of nitrogens with zero attached hydrogens (tertiary/aromatic N) is 2. The quantitative estimate of drug-likeness (QED) is 0.238. The average Bonchev–Trinajstić information content (AvgIpc) is 3.62. The predicted octanol–water partition coefficient (Wildman–Crippen LogP) is 6.76. The van der Waals surface area contributed by atoms with Crippen LogP contribution in [0.25, 0.3) is 11.3 Å². The van der Waals surface area contributed by atoms with Crippen LogP contribution in [0.4, 0.5) is 10.5 Å². The summed E-state index contributed by atoms with van der Waals surface area (Å²) in [5.41, 5.74) is 4.29. The summed E-state index contributed by atoms with van der Waals surface area (Å²) < 4.78 is 1.37. The lowest BCUT2D eigenvalue weighted by atomic mass is 10.1. The molecule has 1 aliphatic rings. The maximum absolute atomic E-state index is 13.1. The van der Waals surface area contributed by atoms with E-state index < -0.39 is 5.91 Å². The van der Waals surface area contributed by atoms with Gasteiger partial charge in [-0.15, -0.1) is 0 Å². The minimum absolute atomic E-state index is 0.0268. The Hall–Kier alpha value is -3.81. The highest BCUT2D eigenvalue weighted by Crippen LogP contribution is 2.42. The highest BCUT2D eigenvalue weighted by Gasteiger charge is 2.31. The van der Waals surface area contributed by atoms with Crippen molar-refractivity contribution in [3.63, 3.8) is 0 Å². The number of hydrogen-bond donors (Lipinski definition) is 3. The van der Waals surface area contributed by atoms with Crippen LogP contribution in [0, 0.1) is 6.92 Å². The third kappa shape index (κ3) is 5.33. The van der Waals surface area contributed by atoms with Crippen LogP contribution in [0.3, 0.4) is 0 Å². The average molecular weight is 535 g/mol. The van der Waals surface area contributed by atoms with Gasteiger partial charge < -0.3 is 15.7 Å². The Kier molecular flexibility index (Phi) is 6.91. The summed E-state index contributed by atoms with van der Waals surface area (Å²) in [6.45, 7) is 2.37. The maximum atomic E-state index is 13.1. The lowest BCUT2D eigenvalue weighted by molar-refractivity contribution is 0.102. The number of carbonyl (C=O) groups excluding carboxylic acids is 2. The number of phenols is 1. The number of benzene rings is 3. The monoisotopic (exact) mass is 534 g/mol. The molecule has 1 fully saturated rings. The van der Waals surface area contributed by atoms with Crippen molar-refractivity contribution in [1.82, 2.24) is 15.1 Å². The van der Waals surface area contributed by atoms with Gasteiger partial charge in [-0.25, -0.2) is 4.79 Å². The van der Waals surface area contributed by atoms with Gasteiger partial charge in [-0.3, -0.25) is 4.79 Å². The number of phenolic OH excluding ortho intramolecular Hbond substituents is 1. The Bertz CT molecular complexity index is 1490. The molecule has 1 aliphatic carbocycles. The Morgan fingerprint density at radius 3 is 2.46 bits per heavy atom. The van der Waals surface area contributed by atoms with Crippen molar-refractivity contribution in [2.45, 2.75) is 32.2 Å². The molecule has 37 heavy (non-hydrogen) atoms. The summed E-state index contributed by atoms with van der Waals surface area (Å²) in [4.78, 5) is 25.9. The van der Waals surface area contributed by atoms with E-state index >= 15 is 0 Å². The third-order valence-electron chi connectivity index (χ3n) is 6.34. The molecule has 7 nitrogen and oxygen atoms in total. The SMILES string of the molecule is Cc1ccccc1CNC(=O)n1nc(-c2cc(NC(=O)c3c(Cl)cccc3Cl)ccc2O)cc1C1CC1. The van der Waals surface area contributed by atoms with Crippen molar-refractivity contribution in [2.75, 3.05) is 5.32 Å². The largest absolute Gasteiger partial charge is 0.507 e. The molecule has 5 rings (SSSR count). The topological polar surface area (TPSA) is 96.3 Å². The molecule has 0 saturated heterocycles. The molecule has 1 aromatic heterocycles. The van der Waals surface area contributed by atoms with E-state index in [2.05, 4.69) is 15.7 Å². The van der Waals surface area contributed by atoms with E-state index in [1.54, 1.807) is 30.3 Å². The second-order valence-electron chi connectivity index (χ2n) is 9.01. The second-order valence-corrected chi connectivity index (χ2v) is 9.82. The molecular formula is C28H24Cl2N4O3. The van der Waals surface area contributed by atoms with Crippen LogP contribution in [0.2, 0.25) is 10.0 Å². The normalized spacial score (nSPS) is 12.8. The Labute approximate surface area is 224 Å². The zero-order chi connectivity index (χ0) is 26.1. The van der Waals surface area contributed by atoms with Gasteiger partial charge in [0.1, 0.15) is 5.75 Å². The molecule has 3 aromatic carbocycles. The first kappa shape index (κ1) is 24.9. The van der Waals surface area contributed by atoms with E-state index in [1.165, 1.54) is 10.7 Å². The number of nitrogens with one attached hydrogen (secondary N) is 2. The number of halogens is 2. The summed E-state index contributed by atoms with van der Waals surface area (Å²) in [6.07, 6.45) is 1.94. The van der Waals surface area contributed by atoms with Gasteiger partial charge in [-0.2, -0.15) is 9.78 Å². The van der Waals surface area contributed by atoms with Crippen molar-refractivity contribution in [2.24, 2.45) is 0 Å². The van der Waals surface area contributed by atoms with Gasteiger partial charge in [0.2, 0.25) is 0 Å². The highest BCUT2D eigenvalue weighted by atomic mass is 35.5. The lowest BCUT2D eigenvalue weighted by Crippen LogP contribution is -2.30. The predicted molar refractivity (Wildman–Crippen MR) is 145 cm³/mol. The minimum atomic E-state index is -0.480. The molecular weight excluding hydrogens is 511 g/mol. The molecule has 0 unspecified atom stereocenters. The zero-order valence-corrected chi connectivity index (χ0v) is 21.5. The second kappa shape index (κ2) is 10.3. The van der Waals surface area contributed by atoms with Crippen LogP contribution in [0.1, 0.15) is 45.9 Å². The number of aromatic hydroxyl groups is 1. The summed E-state index contributed by atoms with van der Waals surface area (Å²) in [5, 5.41) is 21.3. The number of aryl methyl sites for hydroxylation is 1. The number of carbonyl (C=O) groups is 2. The minimum Gasteiger partial charge on any atom is -0.507 e. The lowest BCUT2D eigenvalue weighted by Gasteiger charge is -2.10. The molecule has 0 spiro atoms. The number of rotatable bonds is 6. The fourth-order valence-corrected chi connectivity index (χ4v) is 4.71. The molecule has 0 radical (unpaired) electrons. The van der Waals surface area contributed by atoms with Gasteiger partial charge in [0.15, 0.2) is 0 Å². The summed E-state index contributed by atoms with van der Waals surface area (Å²) in [6, 6.07) is 18.8. The fraction of sp³-hybridized carbons (Fsp3) is 0.179. The molecule has 0 aliphatic heterocycles. The van der Waals surface area contributed by atoms with Crippen LogP contribution in [0.15, 0.2) is 66.7 Å². The van der Waals surface area contributed by atoms with Gasteiger partial charge in [0, 0.05) is 23.7 Å². The summed E-state index contributed by atoms with van der Waals surface area (Å²) in [7, 11) is 0. The van der Waals surface area contributed by atoms with Crippen LogP contribution in [0.5, 0.6) is 5.75 Å². The number of aromatic nitrogens is 2. The van der Waals surface area contributed by atoms with Crippen LogP contribution in [-0.4, -0.2) is 26.8 Å². The molecule has 2 amide bonds. The van der Waals surface area contributed by atoms with Gasteiger partial charge in [0.05, 0.1) is 27.0 Å². The molecule has 3 N–H and O–H groups in total. The standard InChI is InChI=1S/C28H24Cl2N4O3/c1-16-5-2-3-6-18(16)15-31-28(37)34-24(17-9-10-17)14-23(33-34)20-13-19(11-12-25(20)35)32-27(36)26-21(29)7-4-8-22(26)30/h2-8,11-14,17,35H,9-10,15H2,1H3,(H,31,37)(H,32,36). The maximum Gasteiger partial charge on any atom is 0.342 e. The summed E-state index contributed by atoms with van der Waals surface area (Å²) >= 11 is 12.3. The fourth-order valence-electron chi connectivity index (χ4n) is 4.14. The van der Waals surface area contributed by atoms with Crippen LogP contribution in [-0.2, 0) is 6.54 Å². The number of amides is 2. The van der Waals surface area contributed by atoms with E-state index in [1.807, 2.05) is 37.3 Å². The van der Waals surface area contributed by atoms with Crippen LogP contribution >= 0.6 is 23.2 Å². The molecule has 1 heterocycles. The van der Waals surface area contributed by atoms with E-state index in [0.29, 0.717) is 23.5 Å². The van der Waals surface area contributed by atoms with E-state index in [-0.39, 0.29) is 33.3 Å². The Morgan fingerprint density at radius 1 is 1.03 bits per heavy atom. The first-order valence-corrected chi connectivity index (χ1v) is 12.6. The van der Waals surface area contributed by atoms with E-state index in [0.717, 1.165) is 29.7 Å². The smallest absolute Gasteiger partial charge is 0.342 e. The highest BCUT2D eigenvalue weighted by molar-refractivity contribution is 6.40. The first-order chi connectivity index (χ1) is 17.8. The van der Waals surface area contributed by atoms with E-state index in [4.69, 9.17) is 23.2 Å². The third-order valence-corrected chi connectivity index (χ3v) is 6.97. The van der Waals surface area contributed by atoms with Gasteiger partial charge in [0.25, 0.3) is 5.91 Å². The van der Waals surface area contributed by atoms with Gasteiger partial charge >= 0.3 is 6.03 Å². The van der Waals surface area contributed by atoms with E-state index in [9.17, 15) is 14.7 Å². The molecule has 188 valence electrons. The van der Waals surface area contributed by atoms with Gasteiger partial charge in [-0.05, 0) is 67.3 Å². The number of hydrogen-bond acceptors (Lipinski definition) is 4. The Morgan fingerprint density at radius 2 is 1.76 bits per heavy atom. The Balaban J connectivity index is 1.41. The van der Waals surface area contributed by atoms with Crippen molar-refractivity contribution in [3.8, 4) is 17.0 Å². The molecule has 9 heteroatoms. The van der Waals surface area contributed by atoms with Crippen LogP contribution < -0.4 is 10.6 Å².